The molecule has 0 aromatic carbocycles. The summed E-state index contributed by atoms with van der Waals surface area (Å²) in [6.07, 6.45) is 0. The van der Waals surface area contributed by atoms with E-state index in [-0.39, 0.29) is 11.2 Å². The molecule has 7 heteroatoms. The van der Waals surface area contributed by atoms with Crippen molar-refractivity contribution >= 4 is 21.4 Å². The van der Waals surface area contributed by atoms with Crippen molar-refractivity contribution in [3.05, 3.63) is 16.1 Å². The van der Waals surface area contributed by atoms with Crippen molar-refractivity contribution in [3.8, 4) is 0 Å². The highest BCUT2D eigenvalue weighted by Gasteiger charge is 2.17. The molecule has 1 rings (SSSR count). The van der Waals surface area contributed by atoms with Crippen LogP contribution >= 0.6 is 11.3 Å². The maximum Gasteiger partial charge on any atom is 0.212 e. The third-order valence-corrected chi connectivity index (χ3v) is 5.04. The number of hydrogen-bond donors (Lipinski definition) is 2. The quantitative estimate of drug-likeness (QED) is 0.769. The third kappa shape index (κ3) is 5.01. The first-order valence-electron chi connectivity index (χ1n) is 5.81. The Hall–Kier alpha value is -0.500. The molecule has 0 radical (unpaired) electrons. The second-order valence-corrected chi connectivity index (χ2v) is 8.00. The normalized spacial score (nSPS) is 12.9. The molecule has 0 fully saturated rings. The standard InChI is InChI=1S/C11H21N3O2S2/c1-11(2,3)10-14-9(8-17-10)7-13-5-6-18(15,16)12-4/h8,12-13H,5-7H2,1-4H3. The van der Waals surface area contributed by atoms with E-state index in [9.17, 15) is 8.42 Å². The zero-order valence-corrected chi connectivity index (χ0v) is 12.9. The van der Waals surface area contributed by atoms with Gasteiger partial charge in [-0.25, -0.2) is 18.1 Å². The van der Waals surface area contributed by atoms with E-state index in [4.69, 9.17) is 0 Å². The van der Waals surface area contributed by atoms with E-state index >= 15 is 0 Å². The molecule has 1 aromatic heterocycles. The summed E-state index contributed by atoms with van der Waals surface area (Å²) in [5.41, 5.74) is 1.03. The Kier molecular flexibility index (Phi) is 5.27. The second kappa shape index (κ2) is 6.10. The van der Waals surface area contributed by atoms with Gasteiger partial charge in [-0.3, -0.25) is 0 Å². The predicted molar refractivity (Wildman–Crippen MR) is 75.4 cm³/mol. The fourth-order valence-corrected chi connectivity index (χ4v) is 2.78. The summed E-state index contributed by atoms with van der Waals surface area (Å²) >= 11 is 1.64. The number of aromatic nitrogens is 1. The van der Waals surface area contributed by atoms with Crippen molar-refractivity contribution in [2.45, 2.75) is 32.7 Å². The van der Waals surface area contributed by atoms with Crippen LogP contribution in [0.25, 0.3) is 0 Å². The van der Waals surface area contributed by atoms with Crippen LogP contribution in [0.3, 0.4) is 0 Å². The van der Waals surface area contributed by atoms with Crippen molar-refractivity contribution in [3.63, 3.8) is 0 Å². The Balaban J connectivity index is 2.39. The zero-order valence-electron chi connectivity index (χ0n) is 11.3. The highest BCUT2D eigenvalue weighted by molar-refractivity contribution is 7.89. The van der Waals surface area contributed by atoms with Crippen LogP contribution in [0, 0.1) is 0 Å². The minimum Gasteiger partial charge on any atom is -0.310 e. The lowest BCUT2D eigenvalue weighted by atomic mass is 9.98. The smallest absolute Gasteiger partial charge is 0.212 e. The molecule has 1 heterocycles. The first-order chi connectivity index (χ1) is 8.24. The molecular formula is C11H21N3O2S2. The third-order valence-electron chi connectivity index (χ3n) is 2.36. The molecule has 104 valence electrons. The summed E-state index contributed by atoms with van der Waals surface area (Å²) < 4.78 is 24.6. The molecule has 0 spiro atoms. The Morgan fingerprint density at radius 3 is 2.56 bits per heavy atom. The van der Waals surface area contributed by atoms with Gasteiger partial charge in [-0.15, -0.1) is 11.3 Å². The van der Waals surface area contributed by atoms with Crippen LogP contribution in [0.4, 0.5) is 0 Å². The largest absolute Gasteiger partial charge is 0.310 e. The van der Waals surface area contributed by atoms with E-state index in [0.717, 1.165) is 10.7 Å². The molecule has 0 unspecified atom stereocenters. The van der Waals surface area contributed by atoms with Gasteiger partial charge in [0.2, 0.25) is 10.0 Å². The molecule has 0 aliphatic heterocycles. The molecule has 0 saturated heterocycles. The summed E-state index contributed by atoms with van der Waals surface area (Å²) in [6, 6.07) is 0. The van der Waals surface area contributed by atoms with E-state index in [1.165, 1.54) is 7.05 Å². The van der Waals surface area contributed by atoms with Gasteiger partial charge in [-0.05, 0) is 7.05 Å². The van der Waals surface area contributed by atoms with Crippen molar-refractivity contribution in [2.75, 3.05) is 19.3 Å². The van der Waals surface area contributed by atoms with Gasteiger partial charge in [0.05, 0.1) is 16.5 Å². The summed E-state index contributed by atoms with van der Waals surface area (Å²) in [6.45, 7) is 7.41. The molecule has 0 atom stereocenters. The molecule has 0 saturated carbocycles. The number of thiazole rings is 1. The van der Waals surface area contributed by atoms with Crippen molar-refractivity contribution in [1.82, 2.24) is 15.0 Å². The Morgan fingerprint density at radius 2 is 2.06 bits per heavy atom. The summed E-state index contributed by atoms with van der Waals surface area (Å²) in [4.78, 5) is 4.53. The van der Waals surface area contributed by atoms with Crippen molar-refractivity contribution in [2.24, 2.45) is 0 Å². The lowest BCUT2D eigenvalue weighted by Crippen LogP contribution is -2.29. The highest BCUT2D eigenvalue weighted by Crippen LogP contribution is 2.25. The van der Waals surface area contributed by atoms with Gasteiger partial charge in [-0.1, -0.05) is 20.8 Å². The molecule has 1 aromatic rings. The number of rotatable bonds is 6. The molecule has 0 aliphatic rings. The fraction of sp³-hybridized carbons (Fsp3) is 0.727. The number of nitrogens with zero attached hydrogens (tertiary/aromatic N) is 1. The topological polar surface area (TPSA) is 71.1 Å². The minimum atomic E-state index is -3.12. The van der Waals surface area contributed by atoms with Crippen LogP contribution in [0.2, 0.25) is 0 Å². The Morgan fingerprint density at radius 1 is 1.39 bits per heavy atom. The maximum absolute atomic E-state index is 11.2. The maximum atomic E-state index is 11.2. The van der Waals surface area contributed by atoms with E-state index in [2.05, 4.69) is 35.8 Å². The van der Waals surface area contributed by atoms with Gasteiger partial charge in [0.25, 0.3) is 0 Å². The Labute approximate surface area is 113 Å². The van der Waals surface area contributed by atoms with E-state index in [0.29, 0.717) is 13.1 Å². The van der Waals surface area contributed by atoms with Crippen LogP contribution < -0.4 is 10.0 Å². The van der Waals surface area contributed by atoms with Crippen molar-refractivity contribution < 1.29 is 8.42 Å². The van der Waals surface area contributed by atoms with Crippen LogP contribution in [-0.4, -0.2) is 32.7 Å². The Bertz CT molecular complexity index is 475. The molecule has 0 amide bonds. The summed E-state index contributed by atoms with van der Waals surface area (Å²) in [5.74, 6) is 0.0831. The van der Waals surface area contributed by atoms with Gasteiger partial charge in [-0.2, -0.15) is 0 Å². The summed E-state index contributed by atoms with van der Waals surface area (Å²) in [7, 11) is -1.70. The van der Waals surface area contributed by atoms with E-state index < -0.39 is 10.0 Å². The van der Waals surface area contributed by atoms with Crippen LogP contribution in [0.1, 0.15) is 31.5 Å². The monoisotopic (exact) mass is 291 g/mol. The van der Waals surface area contributed by atoms with Gasteiger partial charge in [0.1, 0.15) is 0 Å². The predicted octanol–water partition coefficient (Wildman–Crippen LogP) is 1.08. The lowest BCUT2D eigenvalue weighted by Gasteiger charge is -2.13. The van der Waals surface area contributed by atoms with Crippen LogP contribution in [0.5, 0.6) is 0 Å². The van der Waals surface area contributed by atoms with Crippen LogP contribution in [0.15, 0.2) is 5.38 Å². The van der Waals surface area contributed by atoms with Gasteiger partial charge in [0, 0.05) is 23.9 Å². The minimum absolute atomic E-state index is 0.0678. The average molecular weight is 291 g/mol. The van der Waals surface area contributed by atoms with Gasteiger partial charge in [0.15, 0.2) is 0 Å². The second-order valence-electron chi connectivity index (χ2n) is 5.09. The highest BCUT2D eigenvalue weighted by atomic mass is 32.2. The number of hydrogen-bond acceptors (Lipinski definition) is 5. The number of sulfonamides is 1. The molecule has 2 N–H and O–H groups in total. The van der Waals surface area contributed by atoms with E-state index in [1.807, 2.05) is 5.38 Å². The number of nitrogens with one attached hydrogen (secondary N) is 2. The van der Waals surface area contributed by atoms with Crippen molar-refractivity contribution in [1.29, 1.82) is 0 Å². The first kappa shape index (κ1) is 15.6. The molecule has 5 nitrogen and oxygen atoms in total. The first-order valence-corrected chi connectivity index (χ1v) is 8.34. The molecule has 0 aliphatic carbocycles. The van der Waals surface area contributed by atoms with E-state index in [1.54, 1.807) is 11.3 Å². The average Bonchev–Trinajstić information content (AvgIpc) is 2.73. The van der Waals surface area contributed by atoms with Gasteiger partial charge >= 0.3 is 0 Å². The lowest BCUT2D eigenvalue weighted by molar-refractivity contribution is 0.577. The molecule has 18 heavy (non-hydrogen) atoms. The summed E-state index contributed by atoms with van der Waals surface area (Å²) in [5, 5.41) is 6.20. The van der Waals surface area contributed by atoms with Crippen LogP contribution in [-0.2, 0) is 22.0 Å². The zero-order chi connectivity index (χ0) is 13.8. The molecular weight excluding hydrogens is 270 g/mol. The van der Waals surface area contributed by atoms with Gasteiger partial charge < -0.3 is 5.32 Å². The SMILES string of the molecule is CNS(=O)(=O)CCNCc1csc(C(C)(C)C)n1. The fourth-order valence-electron chi connectivity index (χ4n) is 1.26. The molecule has 0 bridgehead atoms.